The van der Waals surface area contributed by atoms with Crippen LogP contribution in [-0.2, 0) is 20.9 Å². The third-order valence-corrected chi connectivity index (χ3v) is 6.75. The van der Waals surface area contributed by atoms with Gasteiger partial charge in [-0.3, -0.25) is 4.79 Å². The van der Waals surface area contributed by atoms with Crippen LogP contribution in [0.2, 0.25) is 0 Å². The number of hydrogen-bond donors (Lipinski definition) is 5. The Kier molecular flexibility index (Phi) is 13.3. The minimum absolute atomic E-state index is 0.131. The van der Waals surface area contributed by atoms with Gasteiger partial charge in [0.25, 0.3) is 5.91 Å². The van der Waals surface area contributed by atoms with Gasteiger partial charge >= 0.3 is 0 Å². The highest BCUT2D eigenvalue weighted by Crippen LogP contribution is 2.20. The molecule has 0 unspecified atom stereocenters. The van der Waals surface area contributed by atoms with Crippen molar-refractivity contribution in [3.8, 4) is 5.75 Å². The average molecular weight is 663 g/mol. The number of aromatic hydroxyl groups is 1. The van der Waals surface area contributed by atoms with Crippen LogP contribution in [0.3, 0.4) is 0 Å². The van der Waals surface area contributed by atoms with Crippen LogP contribution in [0.4, 0.5) is 29.2 Å². The first-order chi connectivity index (χ1) is 24.1. The topological polar surface area (TPSA) is 164 Å². The van der Waals surface area contributed by atoms with Crippen molar-refractivity contribution in [1.82, 2.24) is 20.3 Å². The molecular weight excluding hydrogens is 624 g/mol. The van der Waals surface area contributed by atoms with Gasteiger partial charge in [0.2, 0.25) is 17.8 Å². The fourth-order valence-corrected chi connectivity index (χ4v) is 4.29. The van der Waals surface area contributed by atoms with Crippen LogP contribution in [-0.4, -0.2) is 71.7 Å². The van der Waals surface area contributed by atoms with Crippen molar-refractivity contribution in [2.45, 2.75) is 6.61 Å². The van der Waals surface area contributed by atoms with Crippen molar-refractivity contribution in [2.24, 2.45) is 5.16 Å². The van der Waals surface area contributed by atoms with E-state index >= 15 is 0 Å². The fraction of sp³-hybridized carbons (Fsp3) is 0.194. The van der Waals surface area contributed by atoms with E-state index in [1.165, 1.54) is 0 Å². The fourth-order valence-electron chi connectivity index (χ4n) is 4.29. The molecule has 5 N–H and O–H groups in total. The number of rotatable bonds is 19. The molecule has 49 heavy (non-hydrogen) atoms. The predicted molar refractivity (Wildman–Crippen MR) is 189 cm³/mol. The van der Waals surface area contributed by atoms with Crippen molar-refractivity contribution >= 4 is 41.3 Å². The zero-order chi connectivity index (χ0) is 33.9. The molecule has 0 aliphatic rings. The number of nitrogens with zero attached hydrogens (tertiary/aromatic N) is 4. The second-order valence-electron chi connectivity index (χ2n) is 10.5. The lowest BCUT2D eigenvalue weighted by Gasteiger charge is -2.12. The van der Waals surface area contributed by atoms with Crippen LogP contribution in [0.5, 0.6) is 5.75 Å². The number of ether oxygens (including phenoxy) is 2. The SMILES string of the molecule is O=C(NCCOCCOCCNc1nc(Nc2ccc(O)cc2)nc(Nc2ccc(/C=N/OCc3ccccc3)cc2)n1)c1ccccc1. The van der Waals surface area contributed by atoms with Crippen molar-refractivity contribution in [3.63, 3.8) is 0 Å². The summed E-state index contributed by atoms with van der Waals surface area (Å²) < 4.78 is 11.2. The summed E-state index contributed by atoms with van der Waals surface area (Å²) >= 11 is 0. The number of benzene rings is 4. The van der Waals surface area contributed by atoms with Gasteiger partial charge in [0.05, 0.1) is 32.6 Å². The Labute approximate surface area is 284 Å². The Morgan fingerprint density at radius 2 is 1.24 bits per heavy atom. The van der Waals surface area contributed by atoms with Gasteiger partial charge in [-0.1, -0.05) is 65.8 Å². The average Bonchev–Trinajstić information content (AvgIpc) is 3.13. The lowest BCUT2D eigenvalue weighted by atomic mass is 10.2. The van der Waals surface area contributed by atoms with Crippen LogP contribution in [0.15, 0.2) is 114 Å². The van der Waals surface area contributed by atoms with Crippen molar-refractivity contribution < 1.29 is 24.2 Å². The van der Waals surface area contributed by atoms with E-state index in [1.807, 2.05) is 72.8 Å². The van der Waals surface area contributed by atoms with Gasteiger partial charge in [-0.05, 0) is 59.7 Å². The Morgan fingerprint density at radius 1 is 0.673 bits per heavy atom. The Hall–Kier alpha value is -6.05. The number of anilines is 5. The van der Waals surface area contributed by atoms with Crippen LogP contribution in [0, 0.1) is 0 Å². The molecule has 252 valence electrons. The molecule has 5 aromatic rings. The number of phenolic OH excluding ortho intramolecular Hbond substituents is 1. The molecule has 4 aromatic carbocycles. The summed E-state index contributed by atoms with van der Waals surface area (Å²) in [6, 6.07) is 33.0. The van der Waals surface area contributed by atoms with Crippen LogP contribution >= 0.6 is 0 Å². The Bertz CT molecular complexity index is 1740. The molecule has 0 spiro atoms. The number of oxime groups is 1. The zero-order valence-corrected chi connectivity index (χ0v) is 26.8. The van der Waals surface area contributed by atoms with Crippen LogP contribution in [0.25, 0.3) is 0 Å². The number of amides is 1. The standard InChI is InChI=1S/C36H38N8O5/c45-32-17-15-31(16-18-32)41-36-43-34(38-20-22-48-24-23-47-21-19-37-33(46)29-9-5-2-6-10-29)42-35(44-36)40-30-13-11-27(12-14-30)25-39-49-26-28-7-3-1-4-8-28/h1-18,25,45H,19-24,26H2,(H,37,46)(H3,38,40,41,42,43,44)/b39-25+. The Balaban J connectivity index is 1.07. The molecule has 1 heterocycles. The van der Waals surface area contributed by atoms with E-state index in [-0.39, 0.29) is 11.7 Å². The summed E-state index contributed by atoms with van der Waals surface area (Å²) in [5, 5.41) is 26.0. The zero-order valence-electron chi connectivity index (χ0n) is 26.8. The minimum Gasteiger partial charge on any atom is -0.508 e. The van der Waals surface area contributed by atoms with Gasteiger partial charge in [-0.2, -0.15) is 15.0 Å². The summed E-state index contributed by atoms with van der Waals surface area (Å²) in [5.41, 5.74) is 3.98. The van der Waals surface area contributed by atoms with Crippen molar-refractivity contribution in [3.05, 3.63) is 126 Å². The minimum atomic E-state index is -0.131. The molecule has 0 radical (unpaired) electrons. The summed E-state index contributed by atoms with van der Waals surface area (Å²) in [6.45, 7) is 2.81. The number of phenols is 1. The molecule has 0 atom stereocenters. The highest BCUT2D eigenvalue weighted by Gasteiger charge is 2.09. The maximum atomic E-state index is 12.1. The molecule has 0 aliphatic carbocycles. The maximum absolute atomic E-state index is 12.1. The van der Waals surface area contributed by atoms with E-state index in [2.05, 4.69) is 41.4 Å². The quantitative estimate of drug-likeness (QED) is 0.0329. The van der Waals surface area contributed by atoms with Crippen LogP contribution < -0.4 is 21.3 Å². The number of aromatic nitrogens is 3. The van der Waals surface area contributed by atoms with Gasteiger partial charge in [0, 0.05) is 30.0 Å². The molecule has 0 saturated carbocycles. The predicted octanol–water partition coefficient (Wildman–Crippen LogP) is 5.49. The monoisotopic (exact) mass is 662 g/mol. The summed E-state index contributed by atoms with van der Waals surface area (Å²) in [7, 11) is 0. The third-order valence-electron chi connectivity index (χ3n) is 6.75. The van der Waals surface area contributed by atoms with Gasteiger partial charge in [-0.15, -0.1) is 0 Å². The van der Waals surface area contributed by atoms with Crippen molar-refractivity contribution in [2.75, 3.05) is 55.5 Å². The second kappa shape index (κ2) is 18.9. The van der Waals surface area contributed by atoms with Gasteiger partial charge in [-0.25, -0.2) is 0 Å². The molecule has 1 aromatic heterocycles. The Morgan fingerprint density at radius 3 is 1.90 bits per heavy atom. The van der Waals surface area contributed by atoms with E-state index in [1.54, 1.807) is 42.6 Å². The molecule has 0 fully saturated rings. The molecule has 0 bridgehead atoms. The highest BCUT2D eigenvalue weighted by atomic mass is 16.6. The number of carbonyl (C=O) groups excluding carboxylic acids is 1. The molecule has 0 aliphatic heterocycles. The number of nitrogens with one attached hydrogen (secondary N) is 4. The molecule has 1 amide bonds. The van der Waals surface area contributed by atoms with E-state index in [9.17, 15) is 9.90 Å². The van der Waals surface area contributed by atoms with Gasteiger partial charge < -0.3 is 40.7 Å². The molecule has 13 nitrogen and oxygen atoms in total. The lowest BCUT2D eigenvalue weighted by molar-refractivity contribution is 0.0519. The third kappa shape index (κ3) is 12.2. The number of carbonyl (C=O) groups is 1. The normalized spacial score (nSPS) is 10.9. The van der Waals surface area contributed by atoms with E-state index in [4.69, 9.17) is 14.3 Å². The van der Waals surface area contributed by atoms with Crippen LogP contribution in [0.1, 0.15) is 21.5 Å². The highest BCUT2D eigenvalue weighted by molar-refractivity contribution is 5.94. The maximum Gasteiger partial charge on any atom is 0.251 e. The van der Waals surface area contributed by atoms with E-state index in [0.29, 0.717) is 75.2 Å². The smallest absolute Gasteiger partial charge is 0.251 e. The summed E-state index contributed by atoms with van der Waals surface area (Å²) in [4.78, 5) is 31.0. The second-order valence-corrected chi connectivity index (χ2v) is 10.5. The first-order valence-electron chi connectivity index (χ1n) is 15.7. The van der Waals surface area contributed by atoms with Gasteiger partial charge in [0.1, 0.15) is 12.4 Å². The molecule has 0 saturated heterocycles. The van der Waals surface area contributed by atoms with E-state index < -0.39 is 0 Å². The van der Waals surface area contributed by atoms with E-state index in [0.717, 1.165) is 16.8 Å². The lowest BCUT2D eigenvalue weighted by Crippen LogP contribution is -2.27. The largest absolute Gasteiger partial charge is 0.508 e. The molecule has 13 heteroatoms. The van der Waals surface area contributed by atoms with Crippen molar-refractivity contribution in [1.29, 1.82) is 0 Å². The number of hydrogen-bond acceptors (Lipinski definition) is 12. The summed E-state index contributed by atoms with van der Waals surface area (Å²) in [5.74, 6) is 0.988. The molecular formula is C36H38N8O5. The summed E-state index contributed by atoms with van der Waals surface area (Å²) in [6.07, 6.45) is 1.65. The first-order valence-corrected chi connectivity index (χ1v) is 15.7. The molecule has 5 rings (SSSR count). The van der Waals surface area contributed by atoms with Gasteiger partial charge in [0.15, 0.2) is 0 Å². The first kappa shape index (κ1) is 34.3.